The van der Waals surface area contributed by atoms with Crippen LogP contribution in [0.25, 0.3) is 0 Å². The Labute approximate surface area is 484 Å². The molecule has 82 heavy (non-hydrogen) atoms. The van der Waals surface area contributed by atoms with Gasteiger partial charge >= 0.3 is 0 Å². The molecule has 9 amide bonds. The van der Waals surface area contributed by atoms with E-state index in [1.54, 1.807) is 39.8 Å². The number of fused-ring (bicyclic) bond motifs is 3. The molecule has 0 aromatic heterocycles. The second-order valence-electron chi connectivity index (χ2n) is 23.8. The molecule has 12 N–H and O–H groups in total. The van der Waals surface area contributed by atoms with Crippen LogP contribution in [0.4, 0.5) is 0 Å². The molecule has 2 unspecified atom stereocenters. The summed E-state index contributed by atoms with van der Waals surface area (Å²) in [4.78, 5) is 133. The fraction of sp³-hybridized carbons (Fsp3) is 0.650. The predicted molar refractivity (Wildman–Crippen MR) is 312 cm³/mol. The lowest BCUT2D eigenvalue weighted by atomic mass is 9.99. The second-order valence-corrected chi connectivity index (χ2v) is 23.8. The minimum Gasteiger partial charge on any atom is -0.370 e. The lowest BCUT2D eigenvalue weighted by molar-refractivity contribution is -0.143. The Kier molecular flexibility index (Phi) is 26.7. The van der Waals surface area contributed by atoms with Gasteiger partial charge in [0.1, 0.15) is 48.3 Å². The second kappa shape index (κ2) is 33.0. The van der Waals surface area contributed by atoms with E-state index in [0.717, 1.165) is 11.1 Å². The van der Waals surface area contributed by atoms with Crippen LogP contribution in [-0.2, 0) is 60.9 Å². The summed E-state index contributed by atoms with van der Waals surface area (Å²) < 4.78 is 6.52. The van der Waals surface area contributed by atoms with Crippen molar-refractivity contribution in [3.8, 4) is 0 Å². The van der Waals surface area contributed by atoms with Crippen molar-refractivity contribution in [1.29, 1.82) is 0 Å². The molecular weight excluding hydrogens is 1050 g/mol. The molecule has 2 bridgehead atoms. The zero-order valence-corrected chi connectivity index (χ0v) is 49.5. The molecule has 0 radical (unpaired) electrons. The third-order valence-corrected chi connectivity index (χ3v) is 15.1. The van der Waals surface area contributed by atoms with Crippen molar-refractivity contribution >= 4 is 53.2 Å². The smallest absolute Gasteiger partial charge is 0.246 e. The maximum atomic E-state index is 14.9. The molecule has 10 atom stereocenters. The van der Waals surface area contributed by atoms with Crippen LogP contribution >= 0.6 is 0 Å². The summed E-state index contributed by atoms with van der Waals surface area (Å²) in [6.45, 7) is 16.5. The quantitative estimate of drug-likeness (QED) is 0.114. The number of nitrogens with one attached hydrogen (secondary N) is 8. The third kappa shape index (κ3) is 20.7. The maximum Gasteiger partial charge on any atom is 0.246 e. The molecule has 0 aliphatic carbocycles. The van der Waals surface area contributed by atoms with E-state index < -0.39 is 126 Å². The van der Waals surface area contributed by atoms with Gasteiger partial charge in [-0.25, -0.2) is 0 Å². The Hall–Kier alpha value is -6.49. The molecule has 2 aromatic carbocycles. The highest BCUT2D eigenvalue weighted by Crippen LogP contribution is 2.23. The molecular formula is C60H94N12O10. The number of carbonyl (C=O) groups is 9. The number of rotatable bonds is 16. The van der Waals surface area contributed by atoms with E-state index in [9.17, 15) is 43.2 Å². The fourth-order valence-electron chi connectivity index (χ4n) is 10.8. The largest absolute Gasteiger partial charge is 0.370 e. The van der Waals surface area contributed by atoms with Gasteiger partial charge in [-0.05, 0) is 99.3 Å². The van der Waals surface area contributed by atoms with Crippen molar-refractivity contribution in [2.45, 2.75) is 187 Å². The monoisotopic (exact) mass is 1140 g/mol. The van der Waals surface area contributed by atoms with Gasteiger partial charge in [0.2, 0.25) is 53.2 Å². The summed E-state index contributed by atoms with van der Waals surface area (Å²) in [5.74, 6) is -6.39. The Morgan fingerprint density at radius 1 is 0.537 bits per heavy atom. The summed E-state index contributed by atoms with van der Waals surface area (Å²) in [7, 11) is 0. The van der Waals surface area contributed by atoms with Crippen LogP contribution in [0, 0.1) is 23.7 Å². The summed E-state index contributed by atoms with van der Waals surface area (Å²) >= 11 is 0. The van der Waals surface area contributed by atoms with Gasteiger partial charge in [-0.3, -0.25) is 48.1 Å². The summed E-state index contributed by atoms with van der Waals surface area (Å²) in [6, 6.07) is 9.86. The Bertz CT molecular complexity index is 2430. The molecule has 5 rings (SSSR count). The summed E-state index contributed by atoms with van der Waals surface area (Å²) in [6.07, 6.45) is 0.661. The standard InChI is InChI=1S/C60H94N12O10/c1-36(2)28-46-53(74)63-32-43-35-71(33-41-20-13-10-14-21-41)34-42(82-43)31-50(73)69-51(38(5)6)58(79)64-45(23-16-26-62)55(76)67-47(29-37(3)4)56(77)68-48(30-40-18-11-9-12-19-40)60(81)72-27-17-24-49(72)57(78)70-52(39(7)8)59(80)65-44(22-15-25-61)54(75)66-46/h9-14,18-21,36-39,42-49,51-52H,15-17,22-35,61-62H2,1-8H3,(H,63,74)(H,64,79)(H,65,80)(H,66,75)(H,67,76)(H,68,77)(H,69,73)(H,70,78)/t42-,43-,44?,45+,46?,47+,48-,49+,51+,52+/m1/s1. The van der Waals surface area contributed by atoms with Gasteiger partial charge in [0.15, 0.2) is 0 Å². The molecule has 0 saturated carbocycles. The van der Waals surface area contributed by atoms with Crippen LogP contribution in [0.2, 0.25) is 0 Å². The topological polar surface area (TPSA) is 318 Å². The van der Waals surface area contributed by atoms with E-state index in [4.69, 9.17) is 16.2 Å². The molecule has 22 nitrogen and oxygen atoms in total. The highest BCUT2D eigenvalue weighted by molar-refractivity contribution is 5.98. The first-order chi connectivity index (χ1) is 39.1. The molecule has 454 valence electrons. The van der Waals surface area contributed by atoms with E-state index >= 15 is 0 Å². The molecule has 3 heterocycles. The zero-order valence-electron chi connectivity index (χ0n) is 49.5. The number of carbonyl (C=O) groups excluding carboxylic acids is 9. The van der Waals surface area contributed by atoms with Crippen LogP contribution < -0.4 is 54.0 Å². The van der Waals surface area contributed by atoms with Crippen molar-refractivity contribution < 1.29 is 47.9 Å². The van der Waals surface area contributed by atoms with Crippen molar-refractivity contribution in [2.24, 2.45) is 35.1 Å². The van der Waals surface area contributed by atoms with E-state index in [0.29, 0.717) is 38.9 Å². The first-order valence-corrected chi connectivity index (χ1v) is 29.6. The number of ether oxygens (including phenoxy) is 1. The van der Waals surface area contributed by atoms with Gasteiger partial charge in [0.25, 0.3) is 0 Å². The number of nitrogens with two attached hydrogens (primary N) is 2. The number of morpholine rings is 1. The fourth-order valence-corrected chi connectivity index (χ4v) is 10.8. The van der Waals surface area contributed by atoms with E-state index in [1.165, 1.54) is 4.90 Å². The molecule has 0 spiro atoms. The Morgan fingerprint density at radius 3 is 1.54 bits per heavy atom. The highest BCUT2D eigenvalue weighted by atomic mass is 16.5. The van der Waals surface area contributed by atoms with Crippen LogP contribution in [0.1, 0.15) is 124 Å². The van der Waals surface area contributed by atoms with Crippen LogP contribution in [-0.4, -0.2) is 163 Å². The normalized spacial score (nSPS) is 26.9. The predicted octanol–water partition coefficient (Wildman–Crippen LogP) is 1.29. The number of hydrogen-bond donors (Lipinski definition) is 10. The number of benzene rings is 2. The van der Waals surface area contributed by atoms with E-state index in [-0.39, 0.29) is 83.0 Å². The average molecular weight is 1140 g/mol. The van der Waals surface area contributed by atoms with Gasteiger partial charge in [-0.1, -0.05) is 116 Å². The van der Waals surface area contributed by atoms with E-state index in [1.807, 2.05) is 76.2 Å². The zero-order chi connectivity index (χ0) is 60.0. The maximum absolute atomic E-state index is 14.9. The minimum atomic E-state index is -1.20. The molecule has 22 heteroatoms. The summed E-state index contributed by atoms with van der Waals surface area (Å²) in [5, 5.41) is 23.1. The molecule has 3 aliphatic heterocycles. The molecule has 3 aliphatic rings. The van der Waals surface area contributed by atoms with Gasteiger partial charge in [0.05, 0.1) is 18.6 Å². The summed E-state index contributed by atoms with van der Waals surface area (Å²) in [5.41, 5.74) is 13.6. The first-order valence-electron chi connectivity index (χ1n) is 29.6. The van der Waals surface area contributed by atoms with Gasteiger partial charge < -0.3 is 63.6 Å². The van der Waals surface area contributed by atoms with Crippen LogP contribution in [0.5, 0.6) is 0 Å². The highest BCUT2D eigenvalue weighted by Gasteiger charge is 2.42. The average Bonchev–Trinajstić information content (AvgIpc) is 4.01. The van der Waals surface area contributed by atoms with Crippen molar-refractivity contribution in [1.82, 2.24) is 52.3 Å². The first kappa shape index (κ1) is 66.3. The van der Waals surface area contributed by atoms with Crippen molar-refractivity contribution in [2.75, 3.05) is 39.3 Å². The number of hydrogen-bond acceptors (Lipinski definition) is 13. The Morgan fingerprint density at radius 2 is 1.01 bits per heavy atom. The minimum absolute atomic E-state index is 0.0243. The van der Waals surface area contributed by atoms with E-state index in [2.05, 4.69) is 47.4 Å². The van der Waals surface area contributed by atoms with Gasteiger partial charge in [0, 0.05) is 39.1 Å². The lowest BCUT2D eigenvalue weighted by Crippen LogP contribution is -2.61. The van der Waals surface area contributed by atoms with Crippen molar-refractivity contribution in [3.05, 3.63) is 71.8 Å². The van der Waals surface area contributed by atoms with Crippen molar-refractivity contribution in [3.63, 3.8) is 0 Å². The Balaban J connectivity index is 1.53. The van der Waals surface area contributed by atoms with Gasteiger partial charge in [-0.2, -0.15) is 0 Å². The number of amides is 9. The lowest BCUT2D eigenvalue weighted by Gasteiger charge is -2.38. The molecule has 3 saturated heterocycles. The SMILES string of the molecule is CC(C)CC1NC(=O)C(CCCN)NC(=O)[C@H](C(C)C)NC(=O)[C@@H]2CCCN2C(=O)[C@@H](Cc2ccccc2)NC(=O)[C@H](CC(C)C)NC(=O)[C@H](CCCN)NC(=O)[C@H](C(C)C)NC(=O)C[C@@H]2CN(Cc3ccccc3)C[C@@H](CNC1=O)O2. The van der Waals surface area contributed by atoms with Gasteiger partial charge in [-0.15, -0.1) is 0 Å². The molecule has 3 fully saturated rings. The van der Waals surface area contributed by atoms with Crippen LogP contribution in [0.3, 0.4) is 0 Å². The molecule has 2 aromatic rings. The van der Waals surface area contributed by atoms with Crippen LogP contribution in [0.15, 0.2) is 60.7 Å². The third-order valence-electron chi connectivity index (χ3n) is 15.1. The number of nitrogens with zero attached hydrogens (tertiary/aromatic N) is 2.